The van der Waals surface area contributed by atoms with Crippen molar-refractivity contribution in [3.8, 4) is 0 Å². The molecule has 4 aromatic rings. The highest BCUT2D eigenvalue weighted by Gasteiger charge is 2.15. The van der Waals surface area contributed by atoms with Crippen LogP contribution in [-0.4, -0.2) is 12.3 Å². The Morgan fingerprint density at radius 1 is 0.812 bits per heavy atom. The predicted molar refractivity (Wildman–Crippen MR) is 138 cm³/mol. The number of allylic oxidation sites excluding steroid dienone is 1. The van der Waals surface area contributed by atoms with Crippen molar-refractivity contribution in [2.24, 2.45) is 4.99 Å². The van der Waals surface area contributed by atoms with E-state index in [2.05, 4.69) is 84.7 Å². The fourth-order valence-corrected chi connectivity index (χ4v) is 4.74. The van der Waals surface area contributed by atoms with E-state index >= 15 is 0 Å². The highest BCUT2D eigenvalue weighted by atomic mass is 14.9. The second-order valence-corrected chi connectivity index (χ2v) is 8.71. The molecule has 2 nitrogen and oxygen atoms in total. The molecule has 0 bridgehead atoms. The van der Waals surface area contributed by atoms with E-state index in [0.29, 0.717) is 0 Å². The predicted octanol–water partition coefficient (Wildman–Crippen LogP) is 6.55. The SMILES string of the molecule is C=C(CCCCCN=C1CC=c2ccc3cccc4ccc1c2c43)NCc1ccccc1. The van der Waals surface area contributed by atoms with Crippen molar-refractivity contribution in [2.45, 2.75) is 38.6 Å². The summed E-state index contributed by atoms with van der Waals surface area (Å²) in [6, 6.07) is 26.1. The Balaban J connectivity index is 1.15. The number of rotatable bonds is 9. The minimum Gasteiger partial charge on any atom is -0.385 e. The summed E-state index contributed by atoms with van der Waals surface area (Å²) >= 11 is 0. The van der Waals surface area contributed by atoms with Crippen molar-refractivity contribution >= 4 is 33.3 Å². The van der Waals surface area contributed by atoms with Gasteiger partial charge in [-0.05, 0) is 51.6 Å². The summed E-state index contributed by atoms with van der Waals surface area (Å²) in [4.78, 5) is 5.02. The molecule has 0 aliphatic heterocycles. The first-order valence-electron chi connectivity index (χ1n) is 11.7. The molecule has 0 spiro atoms. The summed E-state index contributed by atoms with van der Waals surface area (Å²) in [6.07, 6.45) is 7.77. The molecule has 1 aliphatic carbocycles. The third-order valence-electron chi connectivity index (χ3n) is 6.46. The monoisotopic (exact) mass is 418 g/mol. The Hall–Kier alpha value is -3.39. The summed E-state index contributed by atoms with van der Waals surface area (Å²) in [5.41, 5.74) is 4.99. The van der Waals surface area contributed by atoms with Crippen LogP contribution in [0.15, 0.2) is 90.1 Å². The standard InChI is InChI=1S/C30H30N2/c1-22(32-21-23-10-5-2-6-11-23)9-4-3-7-20-31-28-19-17-26-15-14-24-12-8-13-25-16-18-27(28)30(26)29(24)25/h2,5-6,8,10-18,32H,1,3-4,7,9,19-21H2. The molecule has 5 rings (SSSR count). The van der Waals surface area contributed by atoms with E-state index in [1.54, 1.807) is 0 Å². The molecular formula is C30H30N2. The lowest BCUT2D eigenvalue weighted by Gasteiger charge is -2.16. The van der Waals surface area contributed by atoms with Gasteiger partial charge in [-0.1, -0.05) is 91.9 Å². The average molecular weight is 419 g/mol. The molecule has 0 saturated heterocycles. The maximum Gasteiger partial charge on any atom is 0.0464 e. The van der Waals surface area contributed by atoms with Gasteiger partial charge in [-0.2, -0.15) is 0 Å². The zero-order valence-electron chi connectivity index (χ0n) is 18.6. The first-order valence-corrected chi connectivity index (χ1v) is 11.7. The van der Waals surface area contributed by atoms with Gasteiger partial charge in [0.2, 0.25) is 0 Å². The smallest absolute Gasteiger partial charge is 0.0464 e. The first kappa shape index (κ1) is 20.5. The lowest BCUT2D eigenvalue weighted by atomic mass is 9.89. The summed E-state index contributed by atoms with van der Waals surface area (Å²) in [5.74, 6) is 0. The molecule has 0 saturated carbocycles. The molecule has 0 heterocycles. The molecule has 160 valence electrons. The van der Waals surface area contributed by atoms with Crippen molar-refractivity contribution in [1.29, 1.82) is 0 Å². The highest BCUT2D eigenvalue weighted by molar-refractivity contribution is 6.21. The maximum absolute atomic E-state index is 5.02. The van der Waals surface area contributed by atoms with E-state index in [0.717, 1.165) is 44.5 Å². The van der Waals surface area contributed by atoms with Crippen LogP contribution in [0, 0.1) is 0 Å². The molecule has 0 atom stereocenters. The van der Waals surface area contributed by atoms with Gasteiger partial charge in [0.1, 0.15) is 0 Å². The molecule has 0 amide bonds. The second kappa shape index (κ2) is 9.40. The number of benzene rings is 4. The Morgan fingerprint density at radius 2 is 1.62 bits per heavy atom. The average Bonchev–Trinajstić information content (AvgIpc) is 2.84. The summed E-state index contributed by atoms with van der Waals surface area (Å²) in [6.45, 7) is 5.94. The van der Waals surface area contributed by atoms with E-state index in [-0.39, 0.29) is 0 Å². The molecule has 2 heteroatoms. The van der Waals surface area contributed by atoms with Gasteiger partial charge in [-0.15, -0.1) is 0 Å². The van der Waals surface area contributed by atoms with Gasteiger partial charge in [0, 0.05) is 36.5 Å². The van der Waals surface area contributed by atoms with Crippen LogP contribution in [0.25, 0.3) is 27.6 Å². The lowest BCUT2D eigenvalue weighted by molar-refractivity contribution is 0.651. The second-order valence-electron chi connectivity index (χ2n) is 8.71. The first-order chi connectivity index (χ1) is 15.8. The van der Waals surface area contributed by atoms with Crippen LogP contribution in [0.4, 0.5) is 0 Å². The number of hydrogen-bond acceptors (Lipinski definition) is 2. The topological polar surface area (TPSA) is 24.4 Å². The van der Waals surface area contributed by atoms with Crippen LogP contribution in [0.2, 0.25) is 0 Å². The van der Waals surface area contributed by atoms with Crippen LogP contribution in [0.5, 0.6) is 0 Å². The van der Waals surface area contributed by atoms with Crippen LogP contribution < -0.4 is 10.5 Å². The molecule has 0 radical (unpaired) electrons. The van der Waals surface area contributed by atoms with E-state index in [9.17, 15) is 0 Å². The Kier molecular flexibility index (Phi) is 6.02. The van der Waals surface area contributed by atoms with E-state index in [1.807, 2.05) is 6.07 Å². The zero-order valence-corrected chi connectivity index (χ0v) is 18.6. The zero-order chi connectivity index (χ0) is 21.8. The number of nitrogens with zero attached hydrogens (tertiary/aromatic N) is 1. The maximum atomic E-state index is 5.02. The summed E-state index contributed by atoms with van der Waals surface area (Å²) in [5, 5.41) is 10.2. The Morgan fingerprint density at radius 3 is 2.47 bits per heavy atom. The van der Waals surface area contributed by atoms with Crippen molar-refractivity contribution in [3.05, 3.63) is 101 Å². The van der Waals surface area contributed by atoms with Crippen molar-refractivity contribution in [1.82, 2.24) is 5.32 Å². The molecule has 0 aromatic heterocycles. The quantitative estimate of drug-likeness (QED) is 0.306. The van der Waals surface area contributed by atoms with Crippen LogP contribution in [-0.2, 0) is 6.54 Å². The van der Waals surface area contributed by atoms with Crippen molar-refractivity contribution in [3.63, 3.8) is 0 Å². The van der Waals surface area contributed by atoms with Crippen molar-refractivity contribution < 1.29 is 0 Å². The molecule has 4 aromatic carbocycles. The van der Waals surface area contributed by atoms with Gasteiger partial charge >= 0.3 is 0 Å². The molecular weight excluding hydrogens is 388 g/mol. The van der Waals surface area contributed by atoms with Gasteiger partial charge in [0.15, 0.2) is 0 Å². The van der Waals surface area contributed by atoms with Crippen LogP contribution in [0.3, 0.4) is 0 Å². The number of nitrogens with one attached hydrogen (secondary N) is 1. The van der Waals surface area contributed by atoms with Gasteiger partial charge in [-0.25, -0.2) is 0 Å². The largest absolute Gasteiger partial charge is 0.385 e. The molecule has 1 aliphatic rings. The lowest BCUT2D eigenvalue weighted by Crippen LogP contribution is -2.16. The normalized spacial score (nSPS) is 14.1. The fraction of sp³-hybridized carbons (Fsp3) is 0.233. The molecule has 32 heavy (non-hydrogen) atoms. The van der Waals surface area contributed by atoms with Gasteiger partial charge < -0.3 is 5.32 Å². The third-order valence-corrected chi connectivity index (χ3v) is 6.46. The van der Waals surface area contributed by atoms with E-state index in [4.69, 9.17) is 4.99 Å². The van der Waals surface area contributed by atoms with Gasteiger partial charge in [0.25, 0.3) is 0 Å². The van der Waals surface area contributed by atoms with E-state index in [1.165, 1.54) is 50.0 Å². The Labute approximate surface area is 190 Å². The van der Waals surface area contributed by atoms with E-state index < -0.39 is 0 Å². The molecule has 0 fully saturated rings. The summed E-state index contributed by atoms with van der Waals surface area (Å²) in [7, 11) is 0. The van der Waals surface area contributed by atoms with Crippen molar-refractivity contribution in [2.75, 3.05) is 6.54 Å². The minimum absolute atomic E-state index is 0.855. The fourth-order valence-electron chi connectivity index (χ4n) is 4.74. The number of aliphatic imine (C=N–C) groups is 1. The Bertz CT molecular complexity index is 1320. The van der Waals surface area contributed by atoms with Gasteiger partial charge in [-0.3, -0.25) is 4.99 Å². The number of unbranched alkanes of at least 4 members (excludes halogenated alkanes) is 2. The van der Waals surface area contributed by atoms with Gasteiger partial charge in [0.05, 0.1) is 0 Å². The summed E-state index contributed by atoms with van der Waals surface area (Å²) < 4.78 is 0. The van der Waals surface area contributed by atoms with Crippen LogP contribution >= 0.6 is 0 Å². The molecule has 1 N–H and O–H groups in total. The van der Waals surface area contributed by atoms with Crippen LogP contribution in [0.1, 0.15) is 43.2 Å². The number of hydrogen-bond donors (Lipinski definition) is 1. The minimum atomic E-state index is 0.855. The third kappa shape index (κ3) is 4.31. The molecule has 0 unspecified atom stereocenters. The highest BCUT2D eigenvalue weighted by Crippen LogP contribution is 2.29.